The Morgan fingerprint density at radius 1 is 1.23 bits per heavy atom. The number of primary amides is 1. The summed E-state index contributed by atoms with van der Waals surface area (Å²) in [7, 11) is 0. The van der Waals surface area contributed by atoms with Crippen LogP contribution in [-0.4, -0.2) is 22.6 Å². The van der Waals surface area contributed by atoms with Crippen molar-refractivity contribution in [1.82, 2.24) is 4.98 Å². The third-order valence-electron chi connectivity index (χ3n) is 2.85. The molecule has 1 heterocycles. The van der Waals surface area contributed by atoms with E-state index in [9.17, 15) is 9.90 Å². The van der Waals surface area contributed by atoms with Crippen molar-refractivity contribution in [2.24, 2.45) is 11.7 Å². The Kier molecular flexibility index (Phi) is 5.19. The van der Waals surface area contributed by atoms with Crippen molar-refractivity contribution in [3.8, 4) is 23.1 Å². The topological polar surface area (TPSA) is 94.7 Å². The van der Waals surface area contributed by atoms with E-state index >= 15 is 0 Å². The largest absolute Gasteiger partial charge is 0.508 e. The van der Waals surface area contributed by atoms with E-state index < -0.39 is 0 Å². The van der Waals surface area contributed by atoms with Crippen molar-refractivity contribution >= 4 is 5.91 Å². The fraction of sp³-hybridized carbons (Fsp3) is 0.250. The number of aromatic hydroxyl groups is 1. The van der Waals surface area contributed by atoms with Gasteiger partial charge in [-0.25, -0.2) is 4.98 Å². The summed E-state index contributed by atoms with van der Waals surface area (Å²) in [5.41, 5.74) is 5.13. The molecule has 0 saturated carbocycles. The van der Waals surface area contributed by atoms with Gasteiger partial charge in [0, 0.05) is 12.5 Å². The van der Waals surface area contributed by atoms with Gasteiger partial charge in [-0.2, -0.15) is 0 Å². The summed E-state index contributed by atoms with van der Waals surface area (Å²) in [6.45, 7) is 2.28. The second kappa shape index (κ2) is 7.31. The first-order valence-electron chi connectivity index (χ1n) is 6.87. The highest BCUT2D eigenvalue weighted by molar-refractivity contribution is 5.73. The van der Waals surface area contributed by atoms with Crippen molar-refractivity contribution in [2.75, 3.05) is 6.61 Å². The molecule has 22 heavy (non-hydrogen) atoms. The number of phenols is 1. The number of pyridine rings is 1. The van der Waals surface area contributed by atoms with Gasteiger partial charge < -0.3 is 20.3 Å². The van der Waals surface area contributed by atoms with E-state index in [-0.39, 0.29) is 24.0 Å². The molecule has 0 fully saturated rings. The predicted octanol–water partition coefficient (Wildman–Crippen LogP) is 2.47. The highest BCUT2D eigenvalue weighted by Gasteiger charge is 2.07. The summed E-state index contributed by atoms with van der Waals surface area (Å²) in [4.78, 5) is 14.9. The lowest BCUT2D eigenvalue weighted by atomic mass is 10.1. The maximum Gasteiger partial charge on any atom is 0.219 e. The molecule has 2 aromatic rings. The Hall–Kier alpha value is -2.76. The summed E-state index contributed by atoms with van der Waals surface area (Å²) in [6.07, 6.45) is 1.84. The third kappa shape index (κ3) is 4.97. The van der Waals surface area contributed by atoms with Crippen LogP contribution in [0.25, 0.3) is 0 Å². The lowest BCUT2D eigenvalue weighted by molar-refractivity contribution is -0.119. The molecule has 0 bridgehead atoms. The smallest absolute Gasteiger partial charge is 0.219 e. The number of hydrogen-bond donors (Lipinski definition) is 2. The average molecular weight is 302 g/mol. The number of nitrogens with zero attached hydrogens (tertiary/aromatic N) is 1. The monoisotopic (exact) mass is 302 g/mol. The molecule has 0 aliphatic rings. The van der Waals surface area contributed by atoms with Gasteiger partial charge in [-0.15, -0.1) is 0 Å². The standard InChI is InChI=1S/C16H18N2O4/c1-11(8-15(17)20)10-21-14-6-7-16(18-9-14)22-13-4-2-12(19)3-5-13/h2-7,9,11,19H,8,10H2,1H3,(H2,17,20)/t11-/m0/s1. The van der Waals surface area contributed by atoms with Crippen LogP contribution in [0.3, 0.4) is 0 Å². The zero-order chi connectivity index (χ0) is 15.9. The highest BCUT2D eigenvalue weighted by atomic mass is 16.5. The molecular weight excluding hydrogens is 284 g/mol. The van der Waals surface area contributed by atoms with Gasteiger partial charge in [-0.05, 0) is 36.2 Å². The molecule has 1 amide bonds. The maximum absolute atomic E-state index is 10.8. The molecule has 0 spiro atoms. The number of nitrogens with two attached hydrogens (primary N) is 1. The van der Waals surface area contributed by atoms with Gasteiger partial charge in [0.25, 0.3) is 0 Å². The number of rotatable bonds is 7. The van der Waals surface area contributed by atoms with E-state index in [0.717, 1.165) is 0 Å². The summed E-state index contributed by atoms with van der Waals surface area (Å²) in [6, 6.07) is 9.78. The molecular formula is C16H18N2O4. The van der Waals surface area contributed by atoms with Gasteiger partial charge in [-0.3, -0.25) is 4.79 Å². The molecule has 0 unspecified atom stereocenters. The van der Waals surface area contributed by atoms with Gasteiger partial charge in [0.1, 0.15) is 17.2 Å². The highest BCUT2D eigenvalue weighted by Crippen LogP contribution is 2.23. The first-order valence-corrected chi connectivity index (χ1v) is 6.87. The fourth-order valence-corrected chi connectivity index (χ4v) is 1.79. The van der Waals surface area contributed by atoms with E-state index in [1.54, 1.807) is 30.5 Å². The van der Waals surface area contributed by atoms with Gasteiger partial charge in [-0.1, -0.05) is 6.92 Å². The van der Waals surface area contributed by atoms with Crippen molar-refractivity contribution in [3.05, 3.63) is 42.6 Å². The normalized spacial score (nSPS) is 11.7. The van der Waals surface area contributed by atoms with Crippen molar-refractivity contribution in [2.45, 2.75) is 13.3 Å². The Morgan fingerprint density at radius 3 is 2.50 bits per heavy atom. The minimum absolute atomic E-state index is 0.0467. The molecule has 1 aromatic carbocycles. The first kappa shape index (κ1) is 15.6. The maximum atomic E-state index is 10.8. The zero-order valence-corrected chi connectivity index (χ0v) is 12.2. The number of benzene rings is 1. The van der Waals surface area contributed by atoms with Crippen LogP contribution in [0.2, 0.25) is 0 Å². The van der Waals surface area contributed by atoms with Crippen LogP contribution in [0, 0.1) is 5.92 Å². The molecule has 6 heteroatoms. The quantitative estimate of drug-likeness (QED) is 0.819. The number of amides is 1. The fourth-order valence-electron chi connectivity index (χ4n) is 1.79. The third-order valence-corrected chi connectivity index (χ3v) is 2.85. The average Bonchev–Trinajstić information content (AvgIpc) is 2.48. The predicted molar refractivity (Wildman–Crippen MR) is 80.9 cm³/mol. The van der Waals surface area contributed by atoms with Crippen molar-refractivity contribution in [1.29, 1.82) is 0 Å². The number of aromatic nitrogens is 1. The molecule has 116 valence electrons. The number of phenolic OH excluding ortho intramolecular Hbond substituents is 1. The summed E-state index contributed by atoms with van der Waals surface area (Å²) < 4.78 is 11.1. The SMILES string of the molecule is C[C@H](COc1ccc(Oc2ccc(O)cc2)nc1)CC(N)=O. The van der Waals surface area contributed by atoms with Crippen molar-refractivity contribution in [3.63, 3.8) is 0 Å². The molecule has 1 atom stereocenters. The lowest BCUT2D eigenvalue weighted by Gasteiger charge is -2.11. The Labute approximate surface area is 128 Å². The summed E-state index contributed by atoms with van der Waals surface area (Å²) in [5.74, 6) is 1.47. The molecule has 2 rings (SSSR count). The van der Waals surface area contributed by atoms with Crippen LogP contribution in [0.1, 0.15) is 13.3 Å². The summed E-state index contributed by atoms with van der Waals surface area (Å²) in [5, 5.41) is 9.20. The van der Waals surface area contributed by atoms with Crippen LogP contribution >= 0.6 is 0 Å². The van der Waals surface area contributed by atoms with Crippen LogP contribution < -0.4 is 15.2 Å². The van der Waals surface area contributed by atoms with Gasteiger partial charge >= 0.3 is 0 Å². The van der Waals surface area contributed by atoms with E-state index in [1.165, 1.54) is 12.1 Å². The second-order valence-electron chi connectivity index (χ2n) is 5.01. The van der Waals surface area contributed by atoms with E-state index in [0.29, 0.717) is 24.0 Å². The molecule has 0 aliphatic carbocycles. The second-order valence-corrected chi connectivity index (χ2v) is 5.01. The molecule has 3 N–H and O–H groups in total. The van der Waals surface area contributed by atoms with Crippen LogP contribution in [0.15, 0.2) is 42.6 Å². The minimum Gasteiger partial charge on any atom is -0.508 e. The number of ether oxygens (including phenoxy) is 2. The molecule has 0 saturated heterocycles. The van der Waals surface area contributed by atoms with Gasteiger partial charge in [0.15, 0.2) is 0 Å². The number of carbonyl (C=O) groups excluding carboxylic acids is 1. The Balaban J connectivity index is 1.87. The molecule has 1 aromatic heterocycles. The van der Waals surface area contributed by atoms with Crippen LogP contribution in [0.5, 0.6) is 23.1 Å². The van der Waals surface area contributed by atoms with Crippen molar-refractivity contribution < 1.29 is 19.4 Å². The van der Waals surface area contributed by atoms with E-state index in [2.05, 4.69) is 4.98 Å². The minimum atomic E-state index is -0.341. The van der Waals surface area contributed by atoms with Crippen LogP contribution in [-0.2, 0) is 4.79 Å². The van der Waals surface area contributed by atoms with E-state index in [1.807, 2.05) is 6.92 Å². The van der Waals surface area contributed by atoms with E-state index in [4.69, 9.17) is 15.2 Å². The first-order chi connectivity index (χ1) is 10.5. The lowest BCUT2D eigenvalue weighted by Crippen LogP contribution is -2.18. The van der Waals surface area contributed by atoms with Gasteiger partial charge in [0.05, 0.1) is 12.8 Å². The molecule has 0 radical (unpaired) electrons. The Bertz CT molecular complexity index is 611. The van der Waals surface area contributed by atoms with Gasteiger partial charge in [0.2, 0.25) is 11.8 Å². The summed E-state index contributed by atoms with van der Waals surface area (Å²) >= 11 is 0. The zero-order valence-electron chi connectivity index (χ0n) is 12.2. The van der Waals surface area contributed by atoms with Crippen LogP contribution in [0.4, 0.5) is 0 Å². The molecule has 6 nitrogen and oxygen atoms in total. The number of hydrogen-bond acceptors (Lipinski definition) is 5. The number of carbonyl (C=O) groups is 1. The molecule has 0 aliphatic heterocycles. The Morgan fingerprint density at radius 2 is 1.91 bits per heavy atom.